The minimum atomic E-state index is 0.386. The van der Waals surface area contributed by atoms with Gasteiger partial charge in [0.05, 0.1) is 13.2 Å². The molecule has 0 bridgehead atoms. The summed E-state index contributed by atoms with van der Waals surface area (Å²) < 4.78 is 11.4. The zero-order chi connectivity index (χ0) is 14.4. The van der Waals surface area contributed by atoms with E-state index in [0.717, 1.165) is 11.5 Å². The fraction of sp³-hybridized carbons (Fsp3) is 0.625. The van der Waals surface area contributed by atoms with E-state index in [1.165, 1.54) is 24.2 Å². The topological polar surface area (TPSA) is 30.5 Å². The molecule has 2 rings (SSSR count). The van der Waals surface area contributed by atoms with Crippen LogP contribution in [-0.2, 0) is 0 Å². The molecule has 112 valence electrons. The van der Waals surface area contributed by atoms with Crippen molar-refractivity contribution in [2.24, 2.45) is 0 Å². The first-order chi connectivity index (χ1) is 9.80. The third-order valence-corrected chi connectivity index (χ3v) is 5.03. The first kappa shape index (κ1) is 15.5. The van der Waals surface area contributed by atoms with E-state index in [-0.39, 0.29) is 0 Å². The summed E-state index contributed by atoms with van der Waals surface area (Å²) in [6, 6.07) is 6.72. The molecule has 1 saturated heterocycles. The molecule has 4 heteroatoms. The number of ether oxygens (including phenoxy) is 2. The third kappa shape index (κ3) is 3.61. The average molecular weight is 295 g/mol. The van der Waals surface area contributed by atoms with Crippen molar-refractivity contribution in [3.8, 4) is 11.5 Å². The molecule has 0 aromatic heterocycles. The molecule has 0 radical (unpaired) electrons. The maximum absolute atomic E-state index is 5.73. The van der Waals surface area contributed by atoms with Crippen molar-refractivity contribution in [1.29, 1.82) is 0 Å². The molecule has 3 nitrogen and oxygen atoms in total. The predicted octanol–water partition coefficient (Wildman–Crippen LogP) is 3.64. The third-order valence-electron chi connectivity index (χ3n) is 3.57. The maximum atomic E-state index is 5.73. The van der Waals surface area contributed by atoms with Gasteiger partial charge in [0, 0.05) is 11.3 Å². The van der Waals surface area contributed by atoms with Crippen LogP contribution < -0.4 is 14.8 Å². The van der Waals surface area contributed by atoms with E-state index in [1.807, 2.05) is 27.0 Å². The van der Waals surface area contributed by atoms with Crippen molar-refractivity contribution in [3.05, 3.63) is 23.8 Å². The van der Waals surface area contributed by atoms with Gasteiger partial charge in [-0.1, -0.05) is 6.07 Å². The second-order valence-corrected chi connectivity index (χ2v) is 6.24. The van der Waals surface area contributed by atoms with Gasteiger partial charge in [-0.25, -0.2) is 0 Å². The van der Waals surface area contributed by atoms with E-state index >= 15 is 0 Å². The van der Waals surface area contributed by atoms with Crippen molar-refractivity contribution >= 4 is 11.8 Å². The lowest BCUT2D eigenvalue weighted by atomic mass is 10.0. The second kappa shape index (κ2) is 7.79. The molecule has 1 aromatic carbocycles. The van der Waals surface area contributed by atoms with Gasteiger partial charge in [0.2, 0.25) is 0 Å². The molecular formula is C16H25NO2S. The lowest BCUT2D eigenvalue weighted by Gasteiger charge is -2.24. The number of benzene rings is 1. The van der Waals surface area contributed by atoms with E-state index in [2.05, 4.69) is 29.2 Å². The highest BCUT2D eigenvalue weighted by molar-refractivity contribution is 8.00. The smallest absolute Gasteiger partial charge is 0.161 e. The first-order valence-electron chi connectivity index (χ1n) is 7.48. The summed E-state index contributed by atoms with van der Waals surface area (Å²) in [4.78, 5) is 0. The van der Waals surface area contributed by atoms with Crippen LogP contribution in [0.2, 0.25) is 0 Å². The Morgan fingerprint density at radius 3 is 2.60 bits per heavy atom. The summed E-state index contributed by atoms with van der Waals surface area (Å²) in [6.45, 7) is 5.32. The van der Waals surface area contributed by atoms with Gasteiger partial charge in [0.15, 0.2) is 11.5 Å². The monoisotopic (exact) mass is 295 g/mol. The van der Waals surface area contributed by atoms with Crippen molar-refractivity contribution in [3.63, 3.8) is 0 Å². The molecule has 1 aliphatic rings. The van der Waals surface area contributed by atoms with Crippen LogP contribution in [0, 0.1) is 0 Å². The summed E-state index contributed by atoms with van der Waals surface area (Å²) in [7, 11) is 2.04. The Kier molecular flexibility index (Phi) is 6.05. The summed E-state index contributed by atoms with van der Waals surface area (Å²) >= 11 is 2.07. The quantitative estimate of drug-likeness (QED) is 0.832. The Labute approximate surface area is 126 Å². The fourth-order valence-electron chi connectivity index (χ4n) is 2.69. The molecule has 2 atom stereocenters. The summed E-state index contributed by atoms with van der Waals surface area (Å²) in [6.07, 6.45) is 2.61. The van der Waals surface area contributed by atoms with Crippen LogP contribution in [0.15, 0.2) is 18.2 Å². The minimum absolute atomic E-state index is 0.386. The minimum Gasteiger partial charge on any atom is -0.490 e. The molecule has 1 fully saturated rings. The van der Waals surface area contributed by atoms with Gasteiger partial charge in [-0.3, -0.25) is 0 Å². The zero-order valence-electron chi connectivity index (χ0n) is 12.6. The van der Waals surface area contributed by atoms with E-state index < -0.39 is 0 Å². The predicted molar refractivity (Wildman–Crippen MR) is 86.1 cm³/mol. The molecule has 1 heterocycles. The van der Waals surface area contributed by atoms with E-state index in [9.17, 15) is 0 Å². The molecule has 1 N–H and O–H groups in total. The number of thioether (sulfide) groups is 1. The molecule has 1 aliphatic heterocycles. The number of rotatable bonds is 7. The second-order valence-electron chi connectivity index (χ2n) is 4.89. The van der Waals surface area contributed by atoms with Gasteiger partial charge >= 0.3 is 0 Å². The highest BCUT2D eigenvalue weighted by atomic mass is 32.2. The van der Waals surface area contributed by atoms with Crippen LogP contribution >= 0.6 is 11.8 Å². The standard InChI is InChI=1S/C16H25NO2S/c1-4-18-13-9-8-12(11-14(13)19-5-2)16(17-3)15-7-6-10-20-15/h8-9,11,15-17H,4-7,10H2,1-3H3. The van der Waals surface area contributed by atoms with Gasteiger partial charge in [-0.15, -0.1) is 0 Å². The molecule has 0 saturated carbocycles. The Balaban J connectivity index is 2.23. The van der Waals surface area contributed by atoms with Crippen molar-refractivity contribution in [2.45, 2.75) is 38.0 Å². The Morgan fingerprint density at radius 2 is 2.00 bits per heavy atom. The highest BCUT2D eigenvalue weighted by Gasteiger charge is 2.26. The van der Waals surface area contributed by atoms with Crippen LogP contribution in [-0.4, -0.2) is 31.3 Å². The molecule has 0 amide bonds. The summed E-state index contributed by atoms with van der Waals surface area (Å²) in [5.74, 6) is 2.97. The SMILES string of the molecule is CCOc1ccc(C(NC)C2CCCS2)cc1OCC. The molecule has 20 heavy (non-hydrogen) atoms. The van der Waals surface area contributed by atoms with Gasteiger partial charge < -0.3 is 14.8 Å². The van der Waals surface area contributed by atoms with E-state index in [0.29, 0.717) is 24.5 Å². The van der Waals surface area contributed by atoms with Gasteiger partial charge in [0.1, 0.15) is 0 Å². The molecule has 2 unspecified atom stereocenters. The molecular weight excluding hydrogens is 270 g/mol. The highest BCUT2D eigenvalue weighted by Crippen LogP contribution is 2.38. The average Bonchev–Trinajstić information content (AvgIpc) is 2.97. The van der Waals surface area contributed by atoms with Crippen LogP contribution in [0.3, 0.4) is 0 Å². The van der Waals surface area contributed by atoms with E-state index in [1.54, 1.807) is 0 Å². The summed E-state index contributed by atoms with van der Waals surface area (Å²) in [5, 5.41) is 4.12. The molecule has 1 aromatic rings. The number of nitrogens with one attached hydrogen (secondary N) is 1. The van der Waals surface area contributed by atoms with Crippen molar-refractivity contribution in [2.75, 3.05) is 26.0 Å². The lowest BCUT2D eigenvalue weighted by molar-refractivity contribution is 0.287. The fourth-order valence-corrected chi connectivity index (χ4v) is 4.15. The van der Waals surface area contributed by atoms with Gasteiger partial charge in [-0.05, 0) is 57.2 Å². The lowest BCUT2D eigenvalue weighted by Crippen LogP contribution is -2.25. The summed E-state index contributed by atoms with van der Waals surface area (Å²) in [5.41, 5.74) is 1.29. The van der Waals surface area contributed by atoms with Crippen molar-refractivity contribution < 1.29 is 9.47 Å². The maximum Gasteiger partial charge on any atom is 0.161 e. The van der Waals surface area contributed by atoms with Gasteiger partial charge in [-0.2, -0.15) is 11.8 Å². The van der Waals surface area contributed by atoms with Crippen molar-refractivity contribution in [1.82, 2.24) is 5.32 Å². The van der Waals surface area contributed by atoms with Crippen LogP contribution in [0.5, 0.6) is 11.5 Å². The molecule has 0 aliphatic carbocycles. The van der Waals surface area contributed by atoms with Gasteiger partial charge in [0.25, 0.3) is 0 Å². The van der Waals surface area contributed by atoms with Crippen LogP contribution in [0.1, 0.15) is 38.3 Å². The molecule has 0 spiro atoms. The Morgan fingerprint density at radius 1 is 1.25 bits per heavy atom. The Bertz CT molecular complexity index is 419. The van der Waals surface area contributed by atoms with Crippen LogP contribution in [0.25, 0.3) is 0 Å². The Hall–Kier alpha value is -0.870. The number of hydrogen-bond acceptors (Lipinski definition) is 4. The first-order valence-corrected chi connectivity index (χ1v) is 8.53. The van der Waals surface area contributed by atoms with E-state index in [4.69, 9.17) is 9.47 Å². The van der Waals surface area contributed by atoms with Crippen LogP contribution in [0.4, 0.5) is 0 Å². The number of hydrogen-bond donors (Lipinski definition) is 1. The normalized spacial score (nSPS) is 19.9. The largest absolute Gasteiger partial charge is 0.490 e. The zero-order valence-corrected chi connectivity index (χ0v) is 13.5.